The van der Waals surface area contributed by atoms with Gasteiger partial charge in [0.15, 0.2) is 0 Å². The van der Waals surface area contributed by atoms with Gasteiger partial charge in [-0.05, 0) is 36.4 Å². The summed E-state index contributed by atoms with van der Waals surface area (Å²) in [6, 6.07) is 15.3. The van der Waals surface area contributed by atoms with Gasteiger partial charge in [-0.15, -0.1) is 0 Å². The van der Waals surface area contributed by atoms with Crippen molar-refractivity contribution in [3.8, 4) is 11.4 Å². The van der Waals surface area contributed by atoms with Gasteiger partial charge in [-0.25, -0.2) is 4.79 Å². The fraction of sp³-hybridized carbons (Fsp3) is 0.118. The molecular formula is C17H15NO3. The number of hydrogen-bond donors (Lipinski definition) is 0. The molecule has 0 aliphatic rings. The van der Waals surface area contributed by atoms with E-state index in [1.807, 2.05) is 53.2 Å². The molecule has 0 unspecified atom stereocenters. The lowest BCUT2D eigenvalue weighted by Gasteiger charge is -2.10. The highest BCUT2D eigenvalue weighted by atomic mass is 16.5. The van der Waals surface area contributed by atoms with Crippen molar-refractivity contribution in [2.45, 2.75) is 0 Å². The van der Waals surface area contributed by atoms with Gasteiger partial charge in [0.05, 0.1) is 31.0 Å². The molecule has 0 aliphatic carbocycles. The number of hydrogen-bond acceptors (Lipinski definition) is 3. The summed E-state index contributed by atoms with van der Waals surface area (Å²) in [5, 5.41) is 0.976. The maximum atomic E-state index is 11.6. The van der Waals surface area contributed by atoms with Gasteiger partial charge in [-0.1, -0.05) is 12.1 Å². The first-order chi connectivity index (χ1) is 10.2. The van der Waals surface area contributed by atoms with Crippen molar-refractivity contribution in [1.82, 2.24) is 4.57 Å². The molecule has 4 nitrogen and oxygen atoms in total. The zero-order chi connectivity index (χ0) is 14.8. The zero-order valence-corrected chi connectivity index (χ0v) is 11.9. The SMILES string of the molecule is COC(=O)c1ccc2c(ccn2-c2ccccc2OC)c1. The summed E-state index contributed by atoms with van der Waals surface area (Å²) in [4.78, 5) is 11.6. The summed E-state index contributed by atoms with van der Waals surface area (Å²) >= 11 is 0. The van der Waals surface area contributed by atoms with Crippen LogP contribution in [0.25, 0.3) is 16.6 Å². The second-order valence-corrected chi connectivity index (χ2v) is 4.62. The Hall–Kier alpha value is -2.75. The van der Waals surface area contributed by atoms with Crippen LogP contribution in [0, 0.1) is 0 Å². The molecule has 0 bridgehead atoms. The van der Waals surface area contributed by atoms with Crippen LogP contribution in [0.3, 0.4) is 0 Å². The summed E-state index contributed by atoms with van der Waals surface area (Å²) in [6.07, 6.45) is 1.96. The number of nitrogens with zero attached hydrogens (tertiary/aromatic N) is 1. The van der Waals surface area contributed by atoms with E-state index in [2.05, 4.69) is 0 Å². The lowest BCUT2D eigenvalue weighted by Crippen LogP contribution is -2.01. The van der Waals surface area contributed by atoms with Crippen LogP contribution < -0.4 is 4.74 Å². The van der Waals surface area contributed by atoms with Gasteiger partial charge in [0.2, 0.25) is 0 Å². The second-order valence-electron chi connectivity index (χ2n) is 4.62. The number of carbonyl (C=O) groups excluding carboxylic acids is 1. The molecule has 0 N–H and O–H groups in total. The third-order valence-electron chi connectivity index (χ3n) is 3.46. The number of esters is 1. The summed E-state index contributed by atoms with van der Waals surface area (Å²) < 4.78 is 12.2. The lowest BCUT2D eigenvalue weighted by molar-refractivity contribution is 0.0601. The highest BCUT2D eigenvalue weighted by Gasteiger charge is 2.11. The molecular weight excluding hydrogens is 266 g/mol. The molecule has 0 aliphatic heterocycles. The first-order valence-corrected chi connectivity index (χ1v) is 6.57. The minimum atomic E-state index is -0.332. The molecule has 3 rings (SSSR count). The van der Waals surface area contributed by atoms with Gasteiger partial charge in [-0.3, -0.25) is 0 Å². The Morgan fingerprint density at radius 3 is 2.62 bits per heavy atom. The average Bonchev–Trinajstić information content (AvgIpc) is 2.96. The Kier molecular flexibility index (Phi) is 3.36. The standard InChI is InChI=1S/C17H15NO3/c1-20-16-6-4-3-5-15(16)18-10-9-12-11-13(17(19)21-2)7-8-14(12)18/h3-11H,1-2H3. The summed E-state index contributed by atoms with van der Waals surface area (Å²) in [6.45, 7) is 0. The topological polar surface area (TPSA) is 40.5 Å². The van der Waals surface area contributed by atoms with E-state index in [1.165, 1.54) is 7.11 Å². The van der Waals surface area contributed by atoms with Crippen molar-refractivity contribution in [3.05, 3.63) is 60.3 Å². The van der Waals surface area contributed by atoms with Crippen molar-refractivity contribution in [2.75, 3.05) is 14.2 Å². The minimum absolute atomic E-state index is 0.332. The first-order valence-electron chi connectivity index (χ1n) is 6.57. The van der Waals surface area contributed by atoms with Crippen LogP contribution >= 0.6 is 0 Å². The Bertz CT molecular complexity index is 805. The Morgan fingerprint density at radius 2 is 1.86 bits per heavy atom. The highest BCUT2D eigenvalue weighted by molar-refractivity contribution is 5.95. The molecule has 0 spiro atoms. The largest absolute Gasteiger partial charge is 0.495 e. The van der Waals surface area contributed by atoms with Gasteiger partial charge in [0.25, 0.3) is 0 Å². The number of ether oxygens (including phenoxy) is 2. The van der Waals surface area contributed by atoms with Crippen LogP contribution in [-0.4, -0.2) is 24.8 Å². The maximum Gasteiger partial charge on any atom is 0.337 e. The average molecular weight is 281 g/mol. The third-order valence-corrected chi connectivity index (χ3v) is 3.46. The molecule has 0 saturated carbocycles. The van der Waals surface area contributed by atoms with Crippen LogP contribution in [0.15, 0.2) is 54.7 Å². The number of benzene rings is 2. The van der Waals surface area contributed by atoms with E-state index in [1.54, 1.807) is 13.2 Å². The van der Waals surface area contributed by atoms with Crippen molar-refractivity contribution >= 4 is 16.9 Å². The van der Waals surface area contributed by atoms with Gasteiger partial charge in [0.1, 0.15) is 5.75 Å². The van der Waals surface area contributed by atoms with Crippen molar-refractivity contribution < 1.29 is 14.3 Å². The molecule has 21 heavy (non-hydrogen) atoms. The predicted molar refractivity (Wildman–Crippen MR) is 81.2 cm³/mol. The van der Waals surface area contributed by atoms with E-state index in [0.29, 0.717) is 5.56 Å². The molecule has 0 amide bonds. The number of para-hydroxylation sites is 2. The Balaban J connectivity index is 2.15. The number of rotatable bonds is 3. The van der Waals surface area contributed by atoms with Crippen LogP contribution in [0.4, 0.5) is 0 Å². The van der Waals surface area contributed by atoms with E-state index < -0.39 is 0 Å². The van der Waals surface area contributed by atoms with Crippen molar-refractivity contribution in [1.29, 1.82) is 0 Å². The van der Waals surface area contributed by atoms with E-state index in [4.69, 9.17) is 9.47 Å². The molecule has 106 valence electrons. The van der Waals surface area contributed by atoms with E-state index in [0.717, 1.165) is 22.3 Å². The van der Waals surface area contributed by atoms with Crippen LogP contribution in [0.5, 0.6) is 5.75 Å². The molecule has 1 aromatic heterocycles. The van der Waals surface area contributed by atoms with Crippen molar-refractivity contribution in [2.24, 2.45) is 0 Å². The molecule has 3 aromatic rings. The van der Waals surface area contributed by atoms with Crippen LogP contribution in [-0.2, 0) is 4.74 Å². The van der Waals surface area contributed by atoms with Crippen LogP contribution in [0.2, 0.25) is 0 Å². The highest BCUT2D eigenvalue weighted by Crippen LogP contribution is 2.27. The molecule has 0 fully saturated rings. The second kappa shape index (κ2) is 5.32. The quantitative estimate of drug-likeness (QED) is 0.691. The number of carbonyl (C=O) groups is 1. The normalized spacial score (nSPS) is 10.6. The van der Waals surface area contributed by atoms with E-state index >= 15 is 0 Å². The monoisotopic (exact) mass is 281 g/mol. The molecule has 0 saturated heterocycles. The molecule has 1 heterocycles. The zero-order valence-electron chi connectivity index (χ0n) is 11.9. The molecule has 2 aromatic carbocycles. The van der Waals surface area contributed by atoms with E-state index in [9.17, 15) is 4.79 Å². The smallest absolute Gasteiger partial charge is 0.337 e. The molecule has 0 atom stereocenters. The number of methoxy groups -OCH3 is 2. The third kappa shape index (κ3) is 2.25. The fourth-order valence-corrected chi connectivity index (χ4v) is 2.43. The summed E-state index contributed by atoms with van der Waals surface area (Å²) in [7, 11) is 3.03. The lowest BCUT2D eigenvalue weighted by atomic mass is 10.1. The minimum Gasteiger partial charge on any atom is -0.495 e. The fourth-order valence-electron chi connectivity index (χ4n) is 2.43. The van der Waals surface area contributed by atoms with Crippen molar-refractivity contribution in [3.63, 3.8) is 0 Å². The predicted octanol–water partition coefficient (Wildman–Crippen LogP) is 3.43. The number of fused-ring (bicyclic) bond motifs is 1. The Labute approximate surface area is 122 Å². The number of aromatic nitrogens is 1. The molecule has 4 heteroatoms. The van der Waals surface area contributed by atoms with Gasteiger partial charge >= 0.3 is 5.97 Å². The van der Waals surface area contributed by atoms with E-state index in [-0.39, 0.29) is 5.97 Å². The summed E-state index contributed by atoms with van der Waals surface area (Å²) in [5.74, 6) is 0.467. The summed E-state index contributed by atoms with van der Waals surface area (Å²) in [5.41, 5.74) is 2.51. The van der Waals surface area contributed by atoms with Gasteiger partial charge in [-0.2, -0.15) is 0 Å². The van der Waals surface area contributed by atoms with Gasteiger partial charge < -0.3 is 14.0 Å². The molecule has 0 radical (unpaired) electrons. The van der Waals surface area contributed by atoms with Crippen LogP contribution in [0.1, 0.15) is 10.4 Å². The maximum absolute atomic E-state index is 11.6. The first kappa shape index (κ1) is 13.2. The van der Waals surface area contributed by atoms with Gasteiger partial charge in [0, 0.05) is 11.6 Å². The Morgan fingerprint density at radius 1 is 1.05 bits per heavy atom.